The molecule has 3 rings (SSSR count). The average molecular weight is 446 g/mol. The van der Waals surface area contributed by atoms with Crippen LogP contribution in [0, 0.1) is 0 Å². The van der Waals surface area contributed by atoms with Gasteiger partial charge in [0, 0.05) is 11.6 Å². The Morgan fingerprint density at radius 2 is 1.71 bits per heavy atom. The maximum Gasteiger partial charge on any atom is 0.275 e. The van der Waals surface area contributed by atoms with E-state index in [1.807, 2.05) is 0 Å². The van der Waals surface area contributed by atoms with Crippen LogP contribution in [0.3, 0.4) is 0 Å². The van der Waals surface area contributed by atoms with E-state index in [-0.39, 0.29) is 12.5 Å². The Labute approximate surface area is 185 Å². The van der Waals surface area contributed by atoms with Gasteiger partial charge < -0.3 is 24.4 Å². The summed E-state index contributed by atoms with van der Waals surface area (Å²) < 4.78 is 15.6. The lowest BCUT2D eigenvalue weighted by Gasteiger charge is -2.29. The van der Waals surface area contributed by atoms with Gasteiger partial charge in [-0.2, -0.15) is 0 Å². The zero-order valence-corrected chi connectivity index (χ0v) is 18.7. The van der Waals surface area contributed by atoms with Crippen LogP contribution in [-0.2, 0) is 9.59 Å². The highest BCUT2D eigenvalue weighted by Gasteiger charge is 2.41. The maximum absolute atomic E-state index is 13.0. The van der Waals surface area contributed by atoms with Crippen LogP contribution in [0.15, 0.2) is 41.4 Å². The molecule has 0 aromatic heterocycles. The maximum atomic E-state index is 13.0. The van der Waals surface area contributed by atoms with Crippen molar-refractivity contribution in [2.24, 2.45) is 4.99 Å². The van der Waals surface area contributed by atoms with Gasteiger partial charge >= 0.3 is 0 Å². The first-order valence-corrected chi connectivity index (χ1v) is 9.85. The van der Waals surface area contributed by atoms with Crippen LogP contribution in [0.25, 0.3) is 0 Å². The summed E-state index contributed by atoms with van der Waals surface area (Å²) >= 11 is 6.17. The molecule has 0 unspecified atom stereocenters. The van der Waals surface area contributed by atoms with E-state index in [9.17, 15) is 9.59 Å². The third-order valence-corrected chi connectivity index (χ3v) is 5.20. The minimum absolute atomic E-state index is 0.193. The van der Waals surface area contributed by atoms with Crippen molar-refractivity contribution in [3.05, 3.63) is 47.0 Å². The number of carbonyl (C=O) groups excluding carboxylic acids is 2. The van der Waals surface area contributed by atoms with Gasteiger partial charge in [0.25, 0.3) is 5.91 Å². The highest BCUT2D eigenvalue weighted by Crippen LogP contribution is 2.36. The number of hydrogen-bond acceptors (Lipinski definition) is 6. The number of benzene rings is 2. The number of methoxy groups -OCH3 is 3. The number of hydrogen-bond donors (Lipinski definition) is 1. The molecule has 0 aliphatic carbocycles. The van der Waals surface area contributed by atoms with Crippen molar-refractivity contribution in [3.8, 4) is 17.2 Å². The fraction of sp³-hybridized carbons (Fsp3) is 0.318. The molecular formula is C22H24ClN3O5. The summed E-state index contributed by atoms with van der Waals surface area (Å²) in [5.74, 6) is 0.747. The van der Waals surface area contributed by atoms with Crippen molar-refractivity contribution < 1.29 is 23.8 Å². The number of carbonyl (C=O) groups is 2. The molecule has 0 radical (unpaired) electrons. The minimum atomic E-state index is -0.884. The van der Waals surface area contributed by atoms with Crippen LogP contribution in [0.5, 0.6) is 17.2 Å². The largest absolute Gasteiger partial charge is 0.497 e. The van der Waals surface area contributed by atoms with Crippen LogP contribution >= 0.6 is 11.6 Å². The van der Waals surface area contributed by atoms with Crippen molar-refractivity contribution >= 4 is 34.8 Å². The van der Waals surface area contributed by atoms with Gasteiger partial charge in [0.1, 0.15) is 35.2 Å². The van der Waals surface area contributed by atoms with Crippen molar-refractivity contribution in [2.75, 3.05) is 33.2 Å². The molecule has 8 nitrogen and oxygen atoms in total. The molecule has 1 heterocycles. The predicted molar refractivity (Wildman–Crippen MR) is 119 cm³/mol. The van der Waals surface area contributed by atoms with Gasteiger partial charge in [0.15, 0.2) is 0 Å². The molecule has 1 aliphatic heterocycles. The molecule has 164 valence electrons. The second-order valence-corrected chi connectivity index (χ2v) is 7.72. The summed E-state index contributed by atoms with van der Waals surface area (Å²) in [5.41, 5.74) is 0.445. The molecule has 1 aliphatic rings. The van der Waals surface area contributed by atoms with E-state index in [1.54, 1.807) is 51.3 Å². The normalized spacial score (nSPS) is 14.8. The molecule has 0 atom stereocenters. The number of ether oxygens (including phenoxy) is 3. The second kappa shape index (κ2) is 8.85. The lowest BCUT2D eigenvalue weighted by molar-refractivity contribution is -0.131. The van der Waals surface area contributed by atoms with Crippen molar-refractivity contribution in [3.63, 3.8) is 0 Å². The Balaban J connectivity index is 1.77. The summed E-state index contributed by atoms with van der Waals surface area (Å²) in [5, 5.41) is 3.06. The highest BCUT2D eigenvalue weighted by molar-refractivity contribution is 6.47. The molecule has 2 amide bonds. The highest BCUT2D eigenvalue weighted by atomic mass is 35.5. The van der Waals surface area contributed by atoms with Crippen LogP contribution in [0.4, 0.5) is 5.69 Å². The Morgan fingerprint density at radius 1 is 1.06 bits per heavy atom. The number of rotatable bonds is 7. The van der Waals surface area contributed by atoms with E-state index in [0.717, 1.165) is 0 Å². The first-order chi connectivity index (χ1) is 14.7. The summed E-state index contributed by atoms with van der Waals surface area (Å²) in [6, 6.07) is 10.2. The third-order valence-electron chi connectivity index (χ3n) is 4.91. The van der Waals surface area contributed by atoms with Crippen LogP contribution in [0.1, 0.15) is 19.4 Å². The van der Waals surface area contributed by atoms with E-state index in [4.69, 9.17) is 25.8 Å². The van der Waals surface area contributed by atoms with Crippen molar-refractivity contribution in [1.82, 2.24) is 4.90 Å². The zero-order chi connectivity index (χ0) is 22.8. The summed E-state index contributed by atoms with van der Waals surface area (Å²) in [7, 11) is 4.53. The summed E-state index contributed by atoms with van der Waals surface area (Å²) in [4.78, 5) is 31.8. The lowest BCUT2D eigenvalue weighted by Crippen LogP contribution is -2.46. The fourth-order valence-corrected chi connectivity index (χ4v) is 3.49. The van der Waals surface area contributed by atoms with Crippen LogP contribution in [0.2, 0.25) is 5.02 Å². The topological polar surface area (TPSA) is 89.5 Å². The number of aliphatic imine (C=N–C) groups is 1. The third kappa shape index (κ3) is 4.59. The Kier molecular flexibility index (Phi) is 6.40. The molecule has 31 heavy (non-hydrogen) atoms. The predicted octanol–water partition coefficient (Wildman–Crippen LogP) is 3.37. The molecule has 0 bridgehead atoms. The monoisotopic (exact) mass is 445 g/mol. The van der Waals surface area contributed by atoms with Gasteiger partial charge in [-0.15, -0.1) is 0 Å². The standard InChI is InChI=1S/C22H24ClN3O5/c1-22(2)25-20(13-6-8-14(29-3)9-7-13)21(28)26(22)12-19(27)24-16-10-15(23)17(30-4)11-18(16)31-5/h6-11H,12H2,1-5H3,(H,24,27). The zero-order valence-electron chi connectivity index (χ0n) is 18.0. The van der Waals surface area contributed by atoms with Crippen molar-refractivity contribution in [1.29, 1.82) is 0 Å². The van der Waals surface area contributed by atoms with E-state index in [1.165, 1.54) is 25.2 Å². The van der Waals surface area contributed by atoms with Gasteiger partial charge in [0.2, 0.25) is 5.91 Å². The van der Waals surface area contributed by atoms with Gasteiger partial charge in [0.05, 0.1) is 32.0 Å². The Morgan fingerprint density at radius 3 is 2.29 bits per heavy atom. The second-order valence-electron chi connectivity index (χ2n) is 7.31. The number of halogens is 1. The quantitative estimate of drug-likeness (QED) is 0.705. The molecule has 9 heteroatoms. The molecule has 2 aromatic rings. The Hall–Kier alpha value is -3.26. The Bertz CT molecular complexity index is 1030. The SMILES string of the molecule is COc1ccc(C2=NC(C)(C)N(CC(=O)Nc3cc(Cl)c(OC)cc3OC)C2=O)cc1. The molecule has 0 saturated carbocycles. The summed E-state index contributed by atoms with van der Waals surface area (Å²) in [6.07, 6.45) is 0. The fourth-order valence-electron chi connectivity index (χ4n) is 3.25. The van der Waals surface area contributed by atoms with E-state index in [2.05, 4.69) is 10.3 Å². The average Bonchev–Trinajstić information content (AvgIpc) is 2.97. The molecular weight excluding hydrogens is 422 g/mol. The van der Waals surface area contributed by atoms with Crippen LogP contribution < -0.4 is 19.5 Å². The molecule has 0 spiro atoms. The first-order valence-electron chi connectivity index (χ1n) is 9.47. The number of nitrogens with zero attached hydrogens (tertiary/aromatic N) is 2. The van der Waals surface area contributed by atoms with Gasteiger partial charge in [-0.05, 0) is 44.2 Å². The molecule has 1 N–H and O–H groups in total. The molecule has 0 fully saturated rings. The van der Waals surface area contributed by atoms with E-state index < -0.39 is 11.6 Å². The minimum Gasteiger partial charge on any atom is -0.497 e. The van der Waals surface area contributed by atoms with E-state index >= 15 is 0 Å². The van der Waals surface area contributed by atoms with E-state index in [0.29, 0.717) is 39.2 Å². The summed E-state index contributed by atoms with van der Waals surface area (Å²) in [6.45, 7) is 3.36. The van der Waals surface area contributed by atoms with Gasteiger partial charge in [-0.1, -0.05) is 11.6 Å². The molecule has 2 aromatic carbocycles. The van der Waals surface area contributed by atoms with Gasteiger partial charge in [-0.3, -0.25) is 14.6 Å². The number of nitrogens with one attached hydrogen (secondary N) is 1. The van der Waals surface area contributed by atoms with Crippen LogP contribution in [-0.4, -0.2) is 56.0 Å². The molecule has 0 saturated heterocycles. The smallest absolute Gasteiger partial charge is 0.275 e. The number of anilines is 1. The number of amides is 2. The van der Waals surface area contributed by atoms with Crippen molar-refractivity contribution in [2.45, 2.75) is 19.5 Å². The first kappa shape index (κ1) is 22.4. The van der Waals surface area contributed by atoms with Gasteiger partial charge in [-0.25, -0.2) is 0 Å². The lowest BCUT2D eigenvalue weighted by atomic mass is 10.1.